The highest BCUT2D eigenvalue weighted by Crippen LogP contribution is 2.44. The lowest BCUT2D eigenvalue weighted by Crippen LogP contribution is -2.19. The van der Waals surface area contributed by atoms with Crippen LogP contribution in [0, 0.1) is 11.3 Å². The smallest absolute Gasteiger partial charge is 0.155 e. The first-order chi connectivity index (χ1) is 6.98. The third-order valence-corrected chi connectivity index (χ3v) is 3.82. The van der Waals surface area contributed by atoms with E-state index in [9.17, 15) is 4.79 Å². The van der Waals surface area contributed by atoms with Gasteiger partial charge in [0.2, 0.25) is 0 Å². The van der Waals surface area contributed by atoms with Gasteiger partial charge in [0.15, 0.2) is 5.78 Å². The molecule has 0 heterocycles. The van der Waals surface area contributed by atoms with Gasteiger partial charge in [0.25, 0.3) is 0 Å². The quantitative estimate of drug-likeness (QED) is 0.503. The average Bonchev–Trinajstić information content (AvgIpc) is 2.44. The highest BCUT2D eigenvalue weighted by Gasteiger charge is 2.33. The molecule has 1 atom stereocenters. The van der Waals surface area contributed by atoms with E-state index < -0.39 is 0 Å². The maximum absolute atomic E-state index is 11.1. The molecule has 0 aromatic heterocycles. The molecule has 1 aliphatic carbocycles. The molecular formula is C14H22O. The first kappa shape index (κ1) is 12.2. The minimum Gasteiger partial charge on any atom is -0.295 e. The van der Waals surface area contributed by atoms with Gasteiger partial charge in [0, 0.05) is 6.42 Å². The van der Waals surface area contributed by atoms with Gasteiger partial charge in [0.1, 0.15) is 0 Å². The molecule has 15 heavy (non-hydrogen) atoms. The lowest BCUT2D eigenvalue weighted by atomic mass is 9.76. The molecule has 0 aromatic rings. The molecule has 0 spiro atoms. The van der Waals surface area contributed by atoms with Crippen LogP contribution in [0.15, 0.2) is 23.8 Å². The van der Waals surface area contributed by atoms with Gasteiger partial charge in [-0.1, -0.05) is 38.5 Å². The standard InChI is InChI=1S/C14H22O/c1-5-13(15)8-6-7-12-10-9-11(2)14(12,3)4/h6,8-9,12H,5,7,10H2,1-4H3/b8-6+. The van der Waals surface area contributed by atoms with Crippen molar-refractivity contribution in [2.75, 3.05) is 0 Å². The van der Waals surface area contributed by atoms with Gasteiger partial charge in [-0.2, -0.15) is 0 Å². The molecule has 0 radical (unpaired) electrons. The maximum atomic E-state index is 11.1. The molecule has 0 bridgehead atoms. The van der Waals surface area contributed by atoms with Gasteiger partial charge in [-0.05, 0) is 37.2 Å². The van der Waals surface area contributed by atoms with Crippen LogP contribution in [0.4, 0.5) is 0 Å². The summed E-state index contributed by atoms with van der Waals surface area (Å²) in [6, 6.07) is 0. The molecule has 1 heteroatoms. The summed E-state index contributed by atoms with van der Waals surface area (Å²) in [6.07, 6.45) is 8.91. The van der Waals surface area contributed by atoms with Crippen LogP contribution in [0.5, 0.6) is 0 Å². The lowest BCUT2D eigenvalue weighted by Gasteiger charge is -2.28. The van der Waals surface area contributed by atoms with Crippen LogP contribution in [-0.2, 0) is 4.79 Å². The molecule has 0 fully saturated rings. The fraction of sp³-hybridized carbons (Fsp3) is 0.643. The second-order valence-corrected chi connectivity index (χ2v) is 5.00. The topological polar surface area (TPSA) is 17.1 Å². The minimum atomic E-state index is 0.232. The SMILES string of the molecule is CCC(=O)/C=C/CC1CC=C(C)C1(C)C. The predicted molar refractivity (Wildman–Crippen MR) is 64.7 cm³/mol. The van der Waals surface area contributed by atoms with Crippen molar-refractivity contribution in [3.8, 4) is 0 Å². The van der Waals surface area contributed by atoms with E-state index in [4.69, 9.17) is 0 Å². The zero-order valence-electron chi connectivity index (χ0n) is 10.3. The molecule has 1 aliphatic rings. The summed E-state index contributed by atoms with van der Waals surface area (Å²) in [6.45, 7) is 8.71. The van der Waals surface area contributed by atoms with Crippen LogP contribution in [0.3, 0.4) is 0 Å². The molecule has 0 aliphatic heterocycles. The van der Waals surface area contributed by atoms with Crippen molar-refractivity contribution in [3.63, 3.8) is 0 Å². The van der Waals surface area contributed by atoms with Crippen molar-refractivity contribution in [2.45, 2.75) is 47.0 Å². The summed E-state index contributed by atoms with van der Waals surface area (Å²) in [7, 11) is 0. The molecule has 1 rings (SSSR count). The van der Waals surface area contributed by atoms with E-state index >= 15 is 0 Å². The van der Waals surface area contributed by atoms with E-state index in [0.29, 0.717) is 17.8 Å². The van der Waals surface area contributed by atoms with E-state index in [-0.39, 0.29) is 5.78 Å². The third-order valence-electron chi connectivity index (χ3n) is 3.82. The number of rotatable bonds is 4. The van der Waals surface area contributed by atoms with Crippen LogP contribution in [0.25, 0.3) is 0 Å². The summed E-state index contributed by atoms with van der Waals surface area (Å²) in [5.74, 6) is 0.897. The Morgan fingerprint density at radius 1 is 1.60 bits per heavy atom. The number of hydrogen-bond acceptors (Lipinski definition) is 1. The number of allylic oxidation sites excluding steroid dienone is 4. The zero-order valence-corrected chi connectivity index (χ0v) is 10.3. The minimum absolute atomic E-state index is 0.232. The summed E-state index contributed by atoms with van der Waals surface area (Å²) in [5, 5.41) is 0. The fourth-order valence-corrected chi connectivity index (χ4v) is 2.07. The molecule has 1 unspecified atom stereocenters. The van der Waals surface area contributed by atoms with Crippen LogP contribution in [0.2, 0.25) is 0 Å². The van der Waals surface area contributed by atoms with Crippen LogP contribution in [0.1, 0.15) is 47.0 Å². The van der Waals surface area contributed by atoms with Gasteiger partial charge >= 0.3 is 0 Å². The van der Waals surface area contributed by atoms with E-state index in [2.05, 4.69) is 26.8 Å². The summed E-state index contributed by atoms with van der Waals surface area (Å²) < 4.78 is 0. The number of carbonyl (C=O) groups is 1. The predicted octanol–water partition coefficient (Wildman–Crippen LogP) is 3.90. The number of carbonyl (C=O) groups excluding carboxylic acids is 1. The molecule has 1 nitrogen and oxygen atoms in total. The van der Waals surface area contributed by atoms with Crippen molar-refractivity contribution in [3.05, 3.63) is 23.8 Å². The zero-order chi connectivity index (χ0) is 11.5. The highest BCUT2D eigenvalue weighted by atomic mass is 16.1. The molecule has 84 valence electrons. The van der Waals surface area contributed by atoms with Gasteiger partial charge in [-0.25, -0.2) is 0 Å². The highest BCUT2D eigenvalue weighted by molar-refractivity contribution is 5.89. The van der Waals surface area contributed by atoms with Gasteiger partial charge < -0.3 is 0 Å². The average molecular weight is 206 g/mol. The monoisotopic (exact) mass is 206 g/mol. The van der Waals surface area contributed by atoms with Gasteiger partial charge in [-0.3, -0.25) is 4.79 Å². The van der Waals surface area contributed by atoms with E-state index in [0.717, 1.165) is 12.8 Å². The summed E-state index contributed by atoms with van der Waals surface area (Å²) in [5.41, 5.74) is 1.79. The number of ketones is 1. The van der Waals surface area contributed by atoms with Crippen molar-refractivity contribution in [1.29, 1.82) is 0 Å². The lowest BCUT2D eigenvalue weighted by molar-refractivity contribution is -0.114. The normalized spacial score (nSPS) is 24.5. The Labute approximate surface area is 93.3 Å². The Morgan fingerprint density at radius 2 is 2.27 bits per heavy atom. The van der Waals surface area contributed by atoms with Crippen molar-refractivity contribution >= 4 is 5.78 Å². The Balaban J connectivity index is 2.49. The van der Waals surface area contributed by atoms with Gasteiger partial charge in [0.05, 0.1) is 0 Å². The second-order valence-electron chi connectivity index (χ2n) is 5.00. The first-order valence-electron chi connectivity index (χ1n) is 5.85. The Morgan fingerprint density at radius 3 is 2.73 bits per heavy atom. The van der Waals surface area contributed by atoms with Crippen LogP contribution in [-0.4, -0.2) is 5.78 Å². The molecule has 0 aromatic carbocycles. The summed E-state index contributed by atoms with van der Waals surface area (Å²) in [4.78, 5) is 11.1. The van der Waals surface area contributed by atoms with E-state index in [1.165, 1.54) is 5.57 Å². The Kier molecular flexibility index (Phi) is 3.90. The third kappa shape index (κ3) is 2.80. The number of hydrogen-bond donors (Lipinski definition) is 0. The second kappa shape index (κ2) is 4.78. The van der Waals surface area contributed by atoms with Crippen molar-refractivity contribution in [2.24, 2.45) is 11.3 Å². The molecule has 0 saturated heterocycles. The molecule has 0 saturated carbocycles. The molecule has 0 N–H and O–H groups in total. The first-order valence-corrected chi connectivity index (χ1v) is 5.85. The Hall–Kier alpha value is -0.850. The molecule has 0 amide bonds. The van der Waals surface area contributed by atoms with E-state index in [1.807, 2.05) is 13.0 Å². The van der Waals surface area contributed by atoms with Crippen molar-refractivity contribution in [1.82, 2.24) is 0 Å². The van der Waals surface area contributed by atoms with Gasteiger partial charge in [-0.15, -0.1) is 0 Å². The summed E-state index contributed by atoms with van der Waals surface area (Å²) >= 11 is 0. The Bertz CT molecular complexity index is 294. The maximum Gasteiger partial charge on any atom is 0.155 e. The van der Waals surface area contributed by atoms with Crippen LogP contribution >= 0.6 is 0 Å². The van der Waals surface area contributed by atoms with Crippen LogP contribution < -0.4 is 0 Å². The van der Waals surface area contributed by atoms with E-state index in [1.54, 1.807) is 6.08 Å². The molecular weight excluding hydrogens is 184 g/mol. The van der Waals surface area contributed by atoms with Crippen molar-refractivity contribution < 1.29 is 4.79 Å². The fourth-order valence-electron chi connectivity index (χ4n) is 2.07. The largest absolute Gasteiger partial charge is 0.295 e.